The van der Waals surface area contributed by atoms with Crippen LogP contribution in [0.15, 0.2) is 24.3 Å². The van der Waals surface area contributed by atoms with E-state index in [1.54, 1.807) is 4.31 Å². The molecule has 1 heterocycles. The average Bonchev–Trinajstić information content (AvgIpc) is 2.44. The number of hydrogen-bond acceptors (Lipinski definition) is 3. The maximum atomic E-state index is 11.6. The van der Waals surface area contributed by atoms with Gasteiger partial charge in [-0.1, -0.05) is 45.0 Å². The van der Waals surface area contributed by atoms with Gasteiger partial charge in [0.1, 0.15) is 0 Å². The van der Waals surface area contributed by atoms with E-state index < -0.39 is 10.0 Å². The van der Waals surface area contributed by atoms with Crippen molar-refractivity contribution in [2.45, 2.75) is 52.6 Å². The van der Waals surface area contributed by atoms with Crippen molar-refractivity contribution < 1.29 is 8.42 Å². The van der Waals surface area contributed by atoms with E-state index in [1.165, 1.54) is 17.4 Å². The zero-order valence-corrected chi connectivity index (χ0v) is 15.8. The third kappa shape index (κ3) is 4.78. The molecule has 0 spiro atoms. The number of piperidine rings is 1. The fourth-order valence-corrected chi connectivity index (χ4v) is 4.18. The van der Waals surface area contributed by atoms with E-state index in [9.17, 15) is 8.42 Å². The van der Waals surface area contributed by atoms with E-state index in [0.717, 1.165) is 12.8 Å². The van der Waals surface area contributed by atoms with Crippen molar-refractivity contribution in [2.24, 2.45) is 5.41 Å². The maximum absolute atomic E-state index is 11.6. The topological polar surface area (TPSA) is 49.4 Å². The Morgan fingerprint density at radius 1 is 1.17 bits per heavy atom. The first-order valence-electron chi connectivity index (χ1n) is 8.36. The number of benzene rings is 1. The number of nitrogens with one attached hydrogen (secondary N) is 1. The Bertz CT molecular complexity index is 627. The van der Waals surface area contributed by atoms with Gasteiger partial charge in [-0.15, -0.1) is 0 Å². The molecule has 0 radical (unpaired) electrons. The Balaban J connectivity index is 2.11. The van der Waals surface area contributed by atoms with Gasteiger partial charge in [-0.05, 0) is 36.3 Å². The number of aryl methyl sites for hydroxylation is 1. The Morgan fingerprint density at radius 3 is 2.22 bits per heavy atom. The molecule has 0 unspecified atom stereocenters. The van der Waals surface area contributed by atoms with Crippen molar-refractivity contribution in [3.63, 3.8) is 0 Å². The average molecular weight is 339 g/mol. The molecule has 1 aliphatic heterocycles. The standard InChI is InChI=1S/C18H30N2O2S/c1-14-8-6-7-9-16(14)17(18(2,3)4)19-15-10-12-20(13-11-15)23(5,21)22/h6-9,15,17,19H,10-13H2,1-5H3/t17-/m1/s1. The molecule has 1 fully saturated rings. The van der Waals surface area contributed by atoms with Crippen LogP contribution in [-0.4, -0.2) is 38.1 Å². The highest BCUT2D eigenvalue weighted by Gasteiger charge is 2.32. The smallest absolute Gasteiger partial charge is 0.211 e. The van der Waals surface area contributed by atoms with Gasteiger partial charge in [0.2, 0.25) is 10.0 Å². The maximum Gasteiger partial charge on any atom is 0.211 e. The minimum Gasteiger partial charge on any atom is -0.307 e. The minimum absolute atomic E-state index is 0.0973. The van der Waals surface area contributed by atoms with Gasteiger partial charge < -0.3 is 5.32 Å². The van der Waals surface area contributed by atoms with Crippen LogP contribution in [0, 0.1) is 12.3 Å². The summed E-state index contributed by atoms with van der Waals surface area (Å²) in [4.78, 5) is 0. The van der Waals surface area contributed by atoms with Crippen LogP contribution in [-0.2, 0) is 10.0 Å². The normalized spacial score (nSPS) is 19.7. The summed E-state index contributed by atoms with van der Waals surface area (Å²) in [7, 11) is -3.06. The van der Waals surface area contributed by atoms with E-state index in [4.69, 9.17) is 0 Å². The molecule has 5 heteroatoms. The highest BCUT2D eigenvalue weighted by molar-refractivity contribution is 7.88. The molecule has 0 aromatic heterocycles. The molecule has 1 aliphatic rings. The Kier molecular flexibility index (Phi) is 5.54. The predicted molar refractivity (Wildman–Crippen MR) is 95.9 cm³/mol. The summed E-state index contributed by atoms with van der Waals surface area (Å²) in [5.74, 6) is 0. The number of hydrogen-bond donors (Lipinski definition) is 1. The first kappa shape index (κ1) is 18.4. The molecule has 1 aromatic carbocycles. The highest BCUT2D eigenvalue weighted by Crippen LogP contribution is 2.35. The second-order valence-corrected chi connectivity index (χ2v) is 9.74. The number of rotatable bonds is 4. The molecule has 0 aliphatic carbocycles. The lowest BCUT2D eigenvalue weighted by atomic mass is 9.80. The lowest BCUT2D eigenvalue weighted by Crippen LogP contribution is -2.47. The Hall–Kier alpha value is -0.910. The van der Waals surface area contributed by atoms with E-state index in [2.05, 4.69) is 57.3 Å². The monoisotopic (exact) mass is 338 g/mol. The van der Waals surface area contributed by atoms with Crippen LogP contribution in [0.25, 0.3) is 0 Å². The van der Waals surface area contributed by atoms with Crippen molar-refractivity contribution in [1.29, 1.82) is 0 Å². The molecule has 0 bridgehead atoms. The Morgan fingerprint density at radius 2 is 1.74 bits per heavy atom. The van der Waals surface area contributed by atoms with Gasteiger partial charge >= 0.3 is 0 Å². The molecule has 1 atom stereocenters. The van der Waals surface area contributed by atoms with E-state index in [-0.39, 0.29) is 11.5 Å². The van der Waals surface area contributed by atoms with Gasteiger partial charge in [-0.2, -0.15) is 0 Å². The molecule has 4 nitrogen and oxygen atoms in total. The molecule has 0 saturated carbocycles. The van der Waals surface area contributed by atoms with Crippen LogP contribution in [0.5, 0.6) is 0 Å². The molecule has 1 N–H and O–H groups in total. The molecule has 2 rings (SSSR count). The molecule has 130 valence electrons. The van der Waals surface area contributed by atoms with Crippen molar-refractivity contribution in [2.75, 3.05) is 19.3 Å². The largest absolute Gasteiger partial charge is 0.307 e. The van der Waals surface area contributed by atoms with Crippen LogP contribution in [0.2, 0.25) is 0 Å². The first-order chi connectivity index (χ1) is 10.6. The third-order valence-electron chi connectivity index (χ3n) is 4.69. The SMILES string of the molecule is Cc1ccccc1[C@@H](NC1CCN(S(C)(=O)=O)CC1)C(C)(C)C. The molecule has 1 aromatic rings. The second kappa shape index (κ2) is 6.91. The lowest BCUT2D eigenvalue weighted by molar-refractivity contribution is 0.209. The minimum atomic E-state index is -3.06. The Labute approximate surface area is 141 Å². The van der Waals surface area contributed by atoms with Crippen LogP contribution < -0.4 is 5.32 Å². The molecule has 23 heavy (non-hydrogen) atoms. The van der Waals surface area contributed by atoms with E-state index >= 15 is 0 Å². The van der Waals surface area contributed by atoms with Crippen LogP contribution >= 0.6 is 0 Å². The summed E-state index contributed by atoms with van der Waals surface area (Å²) >= 11 is 0. The van der Waals surface area contributed by atoms with Crippen molar-refractivity contribution in [1.82, 2.24) is 9.62 Å². The van der Waals surface area contributed by atoms with E-state index in [1.807, 2.05) is 0 Å². The van der Waals surface area contributed by atoms with Crippen molar-refractivity contribution in [3.8, 4) is 0 Å². The zero-order chi connectivity index (χ0) is 17.3. The predicted octanol–water partition coefficient (Wildman–Crippen LogP) is 3.10. The fourth-order valence-electron chi connectivity index (χ4n) is 3.31. The van der Waals surface area contributed by atoms with Gasteiger partial charge in [0, 0.05) is 25.2 Å². The summed E-state index contributed by atoms with van der Waals surface area (Å²) in [6.07, 6.45) is 3.03. The van der Waals surface area contributed by atoms with Crippen molar-refractivity contribution in [3.05, 3.63) is 35.4 Å². The summed E-state index contributed by atoms with van der Waals surface area (Å²) in [6, 6.07) is 9.14. The van der Waals surface area contributed by atoms with Gasteiger partial charge in [0.05, 0.1) is 6.26 Å². The lowest BCUT2D eigenvalue weighted by Gasteiger charge is -2.39. The molecule has 1 saturated heterocycles. The molecular weight excluding hydrogens is 308 g/mol. The van der Waals surface area contributed by atoms with Gasteiger partial charge in [0.25, 0.3) is 0 Å². The quantitative estimate of drug-likeness (QED) is 0.918. The van der Waals surface area contributed by atoms with Gasteiger partial charge in [-0.25, -0.2) is 12.7 Å². The number of nitrogens with zero attached hydrogens (tertiary/aromatic N) is 1. The third-order valence-corrected chi connectivity index (χ3v) is 5.99. The summed E-state index contributed by atoms with van der Waals surface area (Å²) < 4.78 is 24.9. The van der Waals surface area contributed by atoms with Crippen LogP contribution in [0.1, 0.15) is 50.8 Å². The van der Waals surface area contributed by atoms with E-state index in [0.29, 0.717) is 19.1 Å². The van der Waals surface area contributed by atoms with Crippen molar-refractivity contribution >= 4 is 10.0 Å². The second-order valence-electron chi connectivity index (χ2n) is 7.76. The summed E-state index contributed by atoms with van der Waals surface area (Å²) in [6.45, 7) is 10.1. The summed E-state index contributed by atoms with van der Waals surface area (Å²) in [5, 5.41) is 3.80. The summed E-state index contributed by atoms with van der Waals surface area (Å²) in [5.41, 5.74) is 2.74. The zero-order valence-electron chi connectivity index (χ0n) is 15.0. The molecule has 0 amide bonds. The number of sulfonamides is 1. The molecular formula is C18H30N2O2S. The fraction of sp³-hybridized carbons (Fsp3) is 0.667. The highest BCUT2D eigenvalue weighted by atomic mass is 32.2. The van der Waals surface area contributed by atoms with Gasteiger partial charge in [0.15, 0.2) is 0 Å². The van der Waals surface area contributed by atoms with Crippen LogP contribution in [0.3, 0.4) is 0 Å². The van der Waals surface area contributed by atoms with Gasteiger partial charge in [-0.3, -0.25) is 0 Å². The first-order valence-corrected chi connectivity index (χ1v) is 10.2. The van der Waals surface area contributed by atoms with Crippen LogP contribution in [0.4, 0.5) is 0 Å².